The lowest BCUT2D eigenvalue weighted by molar-refractivity contribution is -0.116. The van der Waals surface area contributed by atoms with Gasteiger partial charge in [0.05, 0.1) is 4.88 Å². The zero-order valence-electron chi connectivity index (χ0n) is 13.1. The first-order valence-electron chi connectivity index (χ1n) is 7.55. The fourth-order valence-corrected chi connectivity index (χ4v) is 3.04. The van der Waals surface area contributed by atoms with Crippen LogP contribution in [-0.2, 0) is 11.2 Å². The number of carbonyl (C=O) groups is 1. The highest BCUT2D eigenvalue weighted by Crippen LogP contribution is 2.23. The third-order valence-corrected chi connectivity index (χ3v) is 4.82. The first-order valence-corrected chi connectivity index (χ1v) is 8.80. The zero-order valence-corrected chi connectivity index (χ0v) is 14.7. The minimum Gasteiger partial charge on any atom is -0.339 e. The third-order valence-electron chi connectivity index (χ3n) is 3.55. The van der Waals surface area contributed by atoms with Gasteiger partial charge in [-0.1, -0.05) is 28.9 Å². The van der Waals surface area contributed by atoms with Gasteiger partial charge in [-0.05, 0) is 42.5 Å². The SMILES string of the molecule is Cc1c(Cl)cccc1NC(=O)CCCc1nc(-c2cccs2)no1. The molecule has 2 heterocycles. The summed E-state index contributed by atoms with van der Waals surface area (Å²) in [6, 6.07) is 9.34. The van der Waals surface area contributed by atoms with Crippen molar-refractivity contribution in [3.63, 3.8) is 0 Å². The molecule has 0 spiro atoms. The molecule has 0 radical (unpaired) electrons. The number of aryl methyl sites for hydroxylation is 1. The average molecular weight is 362 g/mol. The Morgan fingerprint density at radius 2 is 2.21 bits per heavy atom. The standard InChI is InChI=1S/C17H16ClN3O2S/c1-11-12(18)5-2-6-13(11)19-15(22)8-3-9-16-20-17(21-23-16)14-7-4-10-24-14/h2,4-7,10H,3,8-9H2,1H3,(H,19,22). The number of halogens is 1. The molecule has 0 saturated heterocycles. The summed E-state index contributed by atoms with van der Waals surface area (Å²) in [6.45, 7) is 1.88. The predicted molar refractivity (Wildman–Crippen MR) is 95.4 cm³/mol. The van der Waals surface area contributed by atoms with Gasteiger partial charge in [0, 0.05) is 23.6 Å². The number of nitrogens with one attached hydrogen (secondary N) is 1. The molecule has 0 unspecified atom stereocenters. The van der Waals surface area contributed by atoms with Gasteiger partial charge < -0.3 is 9.84 Å². The summed E-state index contributed by atoms with van der Waals surface area (Å²) in [4.78, 5) is 17.4. The molecule has 0 aliphatic heterocycles. The van der Waals surface area contributed by atoms with Crippen LogP contribution in [0.15, 0.2) is 40.2 Å². The Morgan fingerprint density at radius 1 is 1.33 bits per heavy atom. The Morgan fingerprint density at radius 3 is 3.00 bits per heavy atom. The van der Waals surface area contributed by atoms with Crippen LogP contribution < -0.4 is 5.32 Å². The van der Waals surface area contributed by atoms with Gasteiger partial charge in [0.15, 0.2) is 0 Å². The van der Waals surface area contributed by atoms with Crippen LogP contribution in [-0.4, -0.2) is 16.0 Å². The van der Waals surface area contributed by atoms with Crippen LogP contribution in [0.4, 0.5) is 5.69 Å². The Bertz CT molecular complexity index is 830. The number of carbonyl (C=O) groups excluding carboxylic acids is 1. The molecule has 0 bridgehead atoms. The lowest BCUT2D eigenvalue weighted by atomic mass is 10.2. The zero-order chi connectivity index (χ0) is 16.9. The van der Waals surface area contributed by atoms with Gasteiger partial charge in [0.25, 0.3) is 0 Å². The van der Waals surface area contributed by atoms with E-state index in [4.69, 9.17) is 16.1 Å². The van der Waals surface area contributed by atoms with Gasteiger partial charge in [0.1, 0.15) is 0 Å². The van der Waals surface area contributed by atoms with E-state index in [0.29, 0.717) is 36.0 Å². The van der Waals surface area contributed by atoms with Gasteiger partial charge in [-0.2, -0.15) is 4.98 Å². The Kier molecular flexibility index (Phi) is 5.27. The minimum atomic E-state index is -0.0571. The molecule has 24 heavy (non-hydrogen) atoms. The molecule has 2 aromatic heterocycles. The maximum atomic E-state index is 12.0. The van der Waals surface area contributed by atoms with Gasteiger partial charge in [-0.3, -0.25) is 4.79 Å². The molecule has 0 saturated carbocycles. The number of anilines is 1. The van der Waals surface area contributed by atoms with Crippen molar-refractivity contribution in [2.75, 3.05) is 5.32 Å². The quantitative estimate of drug-likeness (QED) is 0.689. The molecule has 1 amide bonds. The van der Waals surface area contributed by atoms with Gasteiger partial charge in [-0.25, -0.2) is 0 Å². The molecule has 0 aliphatic rings. The first kappa shape index (κ1) is 16.7. The number of aromatic nitrogens is 2. The molecular weight excluding hydrogens is 346 g/mol. The van der Waals surface area contributed by atoms with E-state index in [2.05, 4.69) is 15.5 Å². The minimum absolute atomic E-state index is 0.0571. The Balaban J connectivity index is 1.49. The molecule has 1 aromatic carbocycles. The van der Waals surface area contributed by atoms with Crippen molar-refractivity contribution in [3.05, 3.63) is 52.2 Å². The first-order chi connectivity index (χ1) is 11.6. The van der Waals surface area contributed by atoms with Crippen molar-refractivity contribution in [2.45, 2.75) is 26.2 Å². The molecule has 0 atom stereocenters. The maximum absolute atomic E-state index is 12.0. The van der Waals surface area contributed by atoms with Crippen molar-refractivity contribution >= 4 is 34.5 Å². The number of benzene rings is 1. The molecule has 5 nitrogen and oxygen atoms in total. The van der Waals surface area contributed by atoms with E-state index in [-0.39, 0.29) is 5.91 Å². The van der Waals surface area contributed by atoms with Crippen molar-refractivity contribution < 1.29 is 9.32 Å². The molecule has 124 valence electrons. The second-order valence-corrected chi connectivity index (χ2v) is 6.66. The molecule has 1 N–H and O–H groups in total. The van der Waals surface area contributed by atoms with Crippen LogP contribution in [0.1, 0.15) is 24.3 Å². The largest absolute Gasteiger partial charge is 0.339 e. The van der Waals surface area contributed by atoms with Crippen molar-refractivity contribution in [2.24, 2.45) is 0 Å². The van der Waals surface area contributed by atoms with Crippen LogP contribution in [0, 0.1) is 6.92 Å². The van der Waals surface area contributed by atoms with Crippen LogP contribution >= 0.6 is 22.9 Å². The van der Waals surface area contributed by atoms with E-state index in [1.54, 1.807) is 17.4 Å². The van der Waals surface area contributed by atoms with Crippen molar-refractivity contribution in [1.82, 2.24) is 10.1 Å². The van der Waals surface area contributed by atoms with E-state index in [1.807, 2.05) is 36.6 Å². The average Bonchev–Trinajstić information content (AvgIpc) is 3.23. The lowest BCUT2D eigenvalue weighted by Gasteiger charge is -2.09. The number of thiophene rings is 1. The smallest absolute Gasteiger partial charge is 0.226 e. The summed E-state index contributed by atoms with van der Waals surface area (Å²) in [5, 5.41) is 9.44. The summed E-state index contributed by atoms with van der Waals surface area (Å²) in [7, 11) is 0. The van der Waals surface area contributed by atoms with Gasteiger partial charge >= 0.3 is 0 Å². The number of hydrogen-bond donors (Lipinski definition) is 1. The van der Waals surface area contributed by atoms with E-state index in [0.717, 1.165) is 16.1 Å². The van der Waals surface area contributed by atoms with Crippen LogP contribution in [0.3, 0.4) is 0 Å². The monoisotopic (exact) mass is 361 g/mol. The topological polar surface area (TPSA) is 68.0 Å². The van der Waals surface area contributed by atoms with Crippen molar-refractivity contribution in [3.8, 4) is 10.7 Å². The number of amides is 1. The summed E-state index contributed by atoms with van der Waals surface area (Å²) < 4.78 is 5.22. The molecule has 3 rings (SSSR count). The van der Waals surface area contributed by atoms with E-state index in [1.165, 1.54) is 0 Å². The summed E-state index contributed by atoms with van der Waals surface area (Å²) in [6.07, 6.45) is 1.58. The highest BCUT2D eigenvalue weighted by atomic mass is 35.5. The highest BCUT2D eigenvalue weighted by molar-refractivity contribution is 7.13. The van der Waals surface area contributed by atoms with Crippen LogP contribution in [0.25, 0.3) is 10.7 Å². The molecule has 0 fully saturated rings. The molecular formula is C17H16ClN3O2S. The molecule has 3 aromatic rings. The fraction of sp³-hybridized carbons (Fsp3) is 0.235. The van der Waals surface area contributed by atoms with Crippen molar-refractivity contribution in [1.29, 1.82) is 0 Å². The van der Waals surface area contributed by atoms with E-state index < -0.39 is 0 Å². The summed E-state index contributed by atoms with van der Waals surface area (Å²) >= 11 is 7.61. The maximum Gasteiger partial charge on any atom is 0.226 e. The Labute approximate surface area is 148 Å². The number of hydrogen-bond acceptors (Lipinski definition) is 5. The van der Waals surface area contributed by atoms with Crippen LogP contribution in [0.2, 0.25) is 5.02 Å². The fourth-order valence-electron chi connectivity index (χ4n) is 2.22. The summed E-state index contributed by atoms with van der Waals surface area (Å²) in [5.74, 6) is 1.09. The third kappa shape index (κ3) is 4.01. The predicted octanol–water partition coefficient (Wildman–Crippen LogP) is 4.72. The van der Waals surface area contributed by atoms with E-state index >= 15 is 0 Å². The second kappa shape index (κ2) is 7.59. The van der Waals surface area contributed by atoms with Gasteiger partial charge in [0.2, 0.25) is 17.6 Å². The normalized spacial score (nSPS) is 10.8. The number of rotatable bonds is 6. The highest BCUT2D eigenvalue weighted by Gasteiger charge is 2.11. The van der Waals surface area contributed by atoms with Crippen LogP contribution in [0.5, 0.6) is 0 Å². The molecule has 0 aliphatic carbocycles. The summed E-state index contributed by atoms with van der Waals surface area (Å²) in [5.41, 5.74) is 1.61. The van der Waals surface area contributed by atoms with Gasteiger partial charge in [-0.15, -0.1) is 11.3 Å². The molecule has 7 heteroatoms. The lowest BCUT2D eigenvalue weighted by Crippen LogP contribution is -2.12. The second-order valence-electron chi connectivity index (χ2n) is 5.30. The number of nitrogens with zero attached hydrogens (tertiary/aromatic N) is 2. The van der Waals surface area contributed by atoms with E-state index in [9.17, 15) is 4.79 Å². The Hall–Kier alpha value is -2.18.